The van der Waals surface area contributed by atoms with Crippen LogP contribution in [0.15, 0.2) is 42.5 Å². The normalized spacial score (nSPS) is 10.2. The SMILES string of the molecule is COc1ccc(NC(=O)CSCc2cccc([N+](=O)[O-])c2)cc1OC. The molecule has 0 aliphatic rings. The van der Waals surface area contributed by atoms with Gasteiger partial charge in [-0.2, -0.15) is 0 Å². The van der Waals surface area contributed by atoms with Gasteiger partial charge in [0.15, 0.2) is 11.5 Å². The number of rotatable bonds is 8. The molecule has 0 bridgehead atoms. The standard InChI is InChI=1S/C17H18N2O5S/c1-23-15-7-6-13(9-16(15)24-2)18-17(20)11-25-10-12-4-3-5-14(8-12)19(21)22/h3-9H,10-11H2,1-2H3,(H,18,20). The third-order valence-corrected chi connectivity index (χ3v) is 4.29. The van der Waals surface area contributed by atoms with Crippen molar-refractivity contribution in [2.45, 2.75) is 5.75 Å². The minimum absolute atomic E-state index is 0.0490. The van der Waals surface area contributed by atoms with Gasteiger partial charge in [-0.05, 0) is 17.7 Å². The first kappa shape index (κ1) is 18.6. The zero-order valence-electron chi connectivity index (χ0n) is 13.9. The Kier molecular flexibility index (Phi) is 6.64. The number of amides is 1. The average molecular weight is 362 g/mol. The van der Waals surface area contributed by atoms with Gasteiger partial charge in [-0.3, -0.25) is 14.9 Å². The summed E-state index contributed by atoms with van der Waals surface area (Å²) in [7, 11) is 3.07. The Hall–Kier alpha value is -2.74. The molecule has 25 heavy (non-hydrogen) atoms. The van der Waals surface area contributed by atoms with E-state index in [-0.39, 0.29) is 17.3 Å². The van der Waals surface area contributed by atoms with E-state index in [4.69, 9.17) is 9.47 Å². The van der Waals surface area contributed by atoms with E-state index in [2.05, 4.69) is 5.32 Å². The van der Waals surface area contributed by atoms with Crippen LogP contribution in [0.3, 0.4) is 0 Å². The molecule has 0 fully saturated rings. The van der Waals surface area contributed by atoms with E-state index in [1.807, 2.05) is 0 Å². The fraction of sp³-hybridized carbons (Fsp3) is 0.235. The lowest BCUT2D eigenvalue weighted by atomic mass is 10.2. The number of non-ortho nitro benzene ring substituents is 1. The fourth-order valence-corrected chi connectivity index (χ4v) is 2.91. The summed E-state index contributed by atoms with van der Waals surface area (Å²) >= 11 is 1.38. The lowest BCUT2D eigenvalue weighted by Gasteiger charge is -2.10. The highest BCUT2D eigenvalue weighted by Gasteiger charge is 2.09. The minimum Gasteiger partial charge on any atom is -0.493 e. The first-order valence-corrected chi connectivity index (χ1v) is 8.52. The van der Waals surface area contributed by atoms with Gasteiger partial charge in [0.2, 0.25) is 5.91 Å². The molecule has 2 aromatic rings. The largest absolute Gasteiger partial charge is 0.493 e. The van der Waals surface area contributed by atoms with Crippen LogP contribution < -0.4 is 14.8 Å². The van der Waals surface area contributed by atoms with Gasteiger partial charge in [-0.15, -0.1) is 11.8 Å². The maximum atomic E-state index is 12.0. The number of nitro groups is 1. The number of carbonyl (C=O) groups excluding carboxylic acids is 1. The average Bonchev–Trinajstić information content (AvgIpc) is 2.61. The molecular formula is C17H18N2O5S. The molecule has 2 aromatic carbocycles. The Morgan fingerprint density at radius 3 is 2.60 bits per heavy atom. The lowest BCUT2D eigenvalue weighted by molar-refractivity contribution is -0.384. The predicted octanol–water partition coefficient (Wildman–Crippen LogP) is 3.48. The molecule has 0 aliphatic heterocycles. The summed E-state index contributed by atoms with van der Waals surface area (Å²) in [4.78, 5) is 22.3. The molecule has 0 saturated heterocycles. The topological polar surface area (TPSA) is 90.7 Å². The van der Waals surface area contributed by atoms with Crippen molar-refractivity contribution >= 4 is 29.0 Å². The van der Waals surface area contributed by atoms with Crippen molar-refractivity contribution in [2.75, 3.05) is 25.3 Å². The number of anilines is 1. The fourth-order valence-electron chi connectivity index (χ4n) is 2.13. The van der Waals surface area contributed by atoms with Gasteiger partial charge in [0.05, 0.1) is 24.9 Å². The van der Waals surface area contributed by atoms with Gasteiger partial charge in [-0.1, -0.05) is 12.1 Å². The molecule has 0 heterocycles. The van der Waals surface area contributed by atoms with Crippen LogP contribution in [0.5, 0.6) is 11.5 Å². The molecule has 132 valence electrons. The second kappa shape index (κ2) is 8.93. The van der Waals surface area contributed by atoms with E-state index < -0.39 is 4.92 Å². The summed E-state index contributed by atoms with van der Waals surface area (Å²) in [6.07, 6.45) is 0. The molecule has 8 heteroatoms. The molecule has 0 atom stereocenters. The molecule has 0 aliphatic carbocycles. The summed E-state index contributed by atoms with van der Waals surface area (Å²) in [6.45, 7) is 0. The van der Waals surface area contributed by atoms with Crippen LogP contribution in [-0.4, -0.2) is 30.8 Å². The number of benzene rings is 2. The van der Waals surface area contributed by atoms with Gasteiger partial charge < -0.3 is 14.8 Å². The Labute approximate surface area is 149 Å². The second-order valence-corrected chi connectivity index (χ2v) is 6.02. The van der Waals surface area contributed by atoms with Crippen molar-refractivity contribution in [1.29, 1.82) is 0 Å². The van der Waals surface area contributed by atoms with Crippen LogP contribution in [0.1, 0.15) is 5.56 Å². The smallest absolute Gasteiger partial charge is 0.269 e. The van der Waals surface area contributed by atoms with Crippen LogP contribution >= 0.6 is 11.8 Å². The number of thioether (sulfide) groups is 1. The molecule has 0 unspecified atom stereocenters. The Bertz CT molecular complexity index is 766. The van der Waals surface area contributed by atoms with Crippen molar-refractivity contribution in [3.63, 3.8) is 0 Å². The molecule has 2 rings (SSSR count). The quantitative estimate of drug-likeness (QED) is 0.571. The first-order chi connectivity index (χ1) is 12.0. The number of ether oxygens (including phenoxy) is 2. The van der Waals surface area contributed by atoms with E-state index >= 15 is 0 Å². The van der Waals surface area contributed by atoms with Crippen LogP contribution in [0.2, 0.25) is 0 Å². The van der Waals surface area contributed by atoms with Crippen LogP contribution in [-0.2, 0) is 10.5 Å². The third kappa shape index (κ3) is 5.39. The highest BCUT2D eigenvalue weighted by molar-refractivity contribution is 7.99. The van der Waals surface area contributed by atoms with Gasteiger partial charge in [0.25, 0.3) is 5.69 Å². The monoisotopic (exact) mass is 362 g/mol. The van der Waals surface area contributed by atoms with Gasteiger partial charge in [0.1, 0.15) is 0 Å². The maximum Gasteiger partial charge on any atom is 0.269 e. The first-order valence-electron chi connectivity index (χ1n) is 7.36. The molecule has 0 spiro atoms. The highest BCUT2D eigenvalue weighted by Crippen LogP contribution is 2.29. The molecular weight excluding hydrogens is 344 g/mol. The van der Waals surface area contributed by atoms with Gasteiger partial charge in [0, 0.05) is 29.6 Å². The lowest BCUT2D eigenvalue weighted by Crippen LogP contribution is -2.14. The third-order valence-electron chi connectivity index (χ3n) is 3.29. The number of nitrogens with zero attached hydrogens (tertiary/aromatic N) is 1. The summed E-state index contributed by atoms with van der Waals surface area (Å²) < 4.78 is 10.3. The number of nitrogens with one attached hydrogen (secondary N) is 1. The van der Waals surface area contributed by atoms with E-state index in [0.717, 1.165) is 5.56 Å². The Morgan fingerprint density at radius 2 is 1.92 bits per heavy atom. The Balaban J connectivity index is 1.87. The molecule has 0 saturated carbocycles. The summed E-state index contributed by atoms with van der Waals surface area (Å²) in [5, 5.41) is 13.5. The second-order valence-electron chi connectivity index (χ2n) is 5.04. The van der Waals surface area contributed by atoms with E-state index in [1.54, 1.807) is 37.4 Å². The zero-order chi connectivity index (χ0) is 18.2. The molecule has 0 aromatic heterocycles. The Morgan fingerprint density at radius 1 is 1.16 bits per heavy atom. The van der Waals surface area contributed by atoms with Crippen LogP contribution in [0.25, 0.3) is 0 Å². The van der Waals surface area contributed by atoms with E-state index in [1.165, 1.54) is 31.0 Å². The number of methoxy groups -OCH3 is 2. The van der Waals surface area contributed by atoms with Crippen molar-refractivity contribution < 1.29 is 19.2 Å². The number of carbonyl (C=O) groups is 1. The highest BCUT2D eigenvalue weighted by atomic mass is 32.2. The molecule has 1 N–H and O–H groups in total. The van der Waals surface area contributed by atoms with Crippen molar-refractivity contribution in [3.8, 4) is 11.5 Å². The number of hydrogen-bond donors (Lipinski definition) is 1. The van der Waals surface area contributed by atoms with Crippen molar-refractivity contribution in [3.05, 3.63) is 58.1 Å². The zero-order valence-corrected chi connectivity index (χ0v) is 14.7. The van der Waals surface area contributed by atoms with Crippen molar-refractivity contribution in [2.24, 2.45) is 0 Å². The summed E-state index contributed by atoms with van der Waals surface area (Å²) in [5.41, 5.74) is 1.46. The predicted molar refractivity (Wildman–Crippen MR) is 97.4 cm³/mol. The number of hydrogen-bond acceptors (Lipinski definition) is 6. The van der Waals surface area contributed by atoms with Gasteiger partial charge >= 0.3 is 0 Å². The van der Waals surface area contributed by atoms with Crippen molar-refractivity contribution in [1.82, 2.24) is 0 Å². The van der Waals surface area contributed by atoms with Gasteiger partial charge in [-0.25, -0.2) is 0 Å². The van der Waals surface area contributed by atoms with Crippen LogP contribution in [0.4, 0.5) is 11.4 Å². The van der Waals surface area contributed by atoms with E-state index in [0.29, 0.717) is 22.9 Å². The number of nitro benzene ring substituents is 1. The maximum absolute atomic E-state index is 12.0. The van der Waals surface area contributed by atoms with Crippen LogP contribution in [0, 0.1) is 10.1 Å². The molecule has 1 amide bonds. The summed E-state index contributed by atoms with van der Waals surface area (Å²) in [5.74, 6) is 1.70. The minimum atomic E-state index is -0.433. The molecule has 7 nitrogen and oxygen atoms in total. The summed E-state index contributed by atoms with van der Waals surface area (Å²) in [6, 6.07) is 11.5. The van der Waals surface area contributed by atoms with E-state index in [9.17, 15) is 14.9 Å². The molecule has 0 radical (unpaired) electrons.